The molecule has 4 nitrogen and oxygen atoms in total. The van der Waals surface area contributed by atoms with Gasteiger partial charge in [-0.3, -0.25) is 0 Å². The molecule has 0 N–H and O–H groups in total. The van der Waals surface area contributed by atoms with Crippen LogP contribution in [0.3, 0.4) is 0 Å². The molecule has 0 radical (unpaired) electrons. The van der Waals surface area contributed by atoms with Crippen LogP contribution in [-0.2, 0) is 16.1 Å². The van der Waals surface area contributed by atoms with Gasteiger partial charge in [-0.15, -0.1) is 0 Å². The number of rotatable bonds is 4. The number of benzene rings is 7. The molecule has 5 heteroatoms. The van der Waals surface area contributed by atoms with Crippen LogP contribution in [0.15, 0.2) is 155 Å². The van der Waals surface area contributed by atoms with Crippen molar-refractivity contribution in [1.29, 1.82) is 0 Å². The molecule has 0 amide bonds. The molecule has 8 aromatic rings. The van der Waals surface area contributed by atoms with Gasteiger partial charge in [0.15, 0.2) is 0 Å². The molecule has 0 fully saturated rings. The largest absolute Gasteiger partial charge is 0.309 e. The lowest BCUT2D eigenvalue weighted by atomic mass is 9.93. The highest BCUT2D eigenvalue weighted by Gasteiger charge is 2.21. The molecule has 0 saturated carbocycles. The summed E-state index contributed by atoms with van der Waals surface area (Å²) in [5.74, 6) is 0. The van der Waals surface area contributed by atoms with Gasteiger partial charge in [-0.1, -0.05) is 97.1 Å². The molecule has 2 heterocycles. The van der Waals surface area contributed by atoms with Crippen molar-refractivity contribution in [1.82, 2.24) is 4.57 Å². The van der Waals surface area contributed by atoms with E-state index in [1.165, 1.54) is 43.7 Å². The second-order valence-electron chi connectivity index (χ2n) is 12.0. The van der Waals surface area contributed by atoms with Crippen molar-refractivity contribution in [3.63, 3.8) is 0 Å². The first-order chi connectivity index (χ1) is 22.5. The average Bonchev–Trinajstić information content (AvgIpc) is 3.42. The van der Waals surface area contributed by atoms with Gasteiger partial charge in [-0.05, 0) is 86.8 Å². The van der Waals surface area contributed by atoms with Crippen LogP contribution in [0.25, 0.3) is 60.2 Å². The van der Waals surface area contributed by atoms with Crippen molar-refractivity contribution in [3.05, 3.63) is 151 Å². The van der Waals surface area contributed by atoms with Crippen molar-refractivity contribution < 1.29 is 4.21 Å². The van der Waals surface area contributed by atoms with Crippen LogP contribution in [0.1, 0.15) is 5.56 Å². The van der Waals surface area contributed by atoms with E-state index >= 15 is 0 Å². The molecule has 1 aromatic heterocycles. The second kappa shape index (κ2) is 10.3. The fourth-order valence-corrected chi connectivity index (χ4v) is 8.27. The highest BCUT2D eigenvalue weighted by atomic mass is 32.2. The zero-order valence-electron chi connectivity index (χ0n) is 25.2. The van der Waals surface area contributed by atoms with E-state index in [9.17, 15) is 4.21 Å². The molecule has 1 aliphatic rings. The summed E-state index contributed by atoms with van der Waals surface area (Å²) in [5.41, 5.74) is 8.48. The summed E-state index contributed by atoms with van der Waals surface area (Å²) in [6.45, 7) is 0. The van der Waals surface area contributed by atoms with Crippen molar-refractivity contribution in [2.45, 2.75) is 6.42 Å². The SMILES string of the molecule is CS1(=O)=Nc2ccccc2N=C1Cc1cc2ccc(-c3ccc4c(c3)c3ccccc3n4-c3ccccc3)cc2c2ccccc12. The zero-order valence-corrected chi connectivity index (χ0v) is 26.0. The Morgan fingerprint density at radius 2 is 1.20 bits per heavy atom. The molecule has 0 spiro atoms. The summed E-state index contributed by atoms with van der Waals surface area (Å²) in [7, 11) is -2.63. The normalized spacial score (nSPS) is 16.1. The average molecular weight is 612 g/mol. The van der Waals surface area contributed by atoms with Crippen LogP contribution >= 0.6 is 0 Å². The van der Waals surface area contributed by atoms with Gasteiger partial charge in [-0.2, -0.15) is 4.36 Å². The van der Waals surface area contributed by atoms with Gasteiger partial charge in [0.05, 0.1) is 32.1 Å². The molecular formula is C41H29N3OS. The van der Waals surface area contributed by atoms with Crippen LogP contribution in [0.5, 0.6) is 0 Å². The van der Waals surface area contributed by atoms with E-state index in [-0.39, 0.29) is 0 Å². The van der Waals surface area contributed by atoms with Crippen LogP contribution in [0.2, 0.25) is 0 Å². The molecule has 46 heavy (non-hydrogen) atoms. The minimum atomic E-state index is -2.63. The van der Waals surface area contributed by atoms with Crippen molar-refractivity contribution in [2.75, 3.05) is 6.26 Å². The van der Waals surface area contributed by atoms with E-state index in [4.69, 9.17) is 4.99 Å². The summed E-state index contributed by atoms with van der Waals surface area (Å²) in [6, 6.07) is 51.2. The molecule has 7 aromatic carbocycles. The summed E-state index contributed by atoms with van der Waals surface area (Å²) in [4.78, 5) is 4.85. The molecule has 0 saturated heterocycles. The second-order valence-corrected chi connectivity index (χ2v) is 14.3. The van der Waals surface area contributed by atoms with Gasteiger partial charge >= 0.3 is 0 Å². The number of aromatic nitrogens is 1. The summed E-state index contributed by atoms with van der Waals surface area (Å²) < 4.78 is 20.6. The third-order valence-corrected chi connectivity index (χ3v) is 10.8. The van der Waals surface area contributed by atoms with Gasteiger partial charge in [-0.25, -0.2) is 9.20 Å². The summed E-state index contributed by atoms with van der Waals surface area (Å²) in [5, 5.41) is 7.76. The van der Waals surface area contributed by atoms with Crippen LogP contribution in [0.4, 0.5) is 11.4 Å². The number of aliphatic imine (C=N–C) groups is 1. The van der Waals surface area contributed by atoms with Gasteiger partial charge in [0.25, 0.3) is 0 Å². The maximum absolute atomic E-state index is 13.7. The first-order valence-corrected chi connectivity index (χ1v) is 17.4. The third-order valence-electron chi connectivity index (χ3n) is 9.14. The lowest BCUT2D eigenvalue weighted by Gasteiger charge is -2.17. The van der Waals surface area contributed by atoms with Gasteiger partial charge in [0.2, 0.25) is 0 Å². The lowest BCUT2D eigenvalue weighted by molar-refractivity contribution is 0.687. The lowest BCUT2D eigenvalue weighted by Crippen LogP contribution is -2.17. The van der Waals surface area contributed by atoms with Crippen molar-refractivity contribution in [2.24, 2.45) is 9.36 Å². The molecule has 1 unspecified atom stereocenters. The molecule has 0 aliphatic carbocycles. The van der Waals surface area contributed by atoms with Gasteiger partial charge < -0.3 is 4.57 Å². The van der Waals surface area contributed by atoms with E-state index in [2.05, 4.69) is 130 Å². The fourth-order valence-electron chi connectivity index (χ4n) is 6.94. The van der Waals surface area contributed by atoms with Gasteiger partial charge in [0.1, 0.15) is 5.04 Å². The number of hydrogen-bond acceptors (Lipinski definition) is 3. The van der Waals surface area contributed by atoms with Crippen LogP contribution < -0.4 is 0 Å². The van der Waals surface area contributed by atoms with Crippen molar-refractivity contribution in [3.8, 4) is 16.8 Å². The Kier molecular flexibility index (Phi) is 5.99. The monoisotopic (exact) mass is 611 g/mol. The van der Waals surface area contributed by atoms with Crippen LogP contribution in [-0.4, -0.2) is 20.1 Å². The third kappa shape index (κ3) is 4.27. The number of hydrogen-bond donors (Lipinski definition) is 0. The number of nitrogens with zero attached hydrogens (tertiary/aromatic N) is 3. The Labute approximate surface area is 267 Å². The summed E-state index contributed by atoms with van der Waals surface area (Å²) in [6.07, 6.45) is 2.18. The zero-order chi connectivity index (χ0) is 30.8. The first-order valence-electron chi connectivity index (χ1n) is 15.5. The van der Waals surface area contributed by atoms with Crippen LogP contribution in [0, 0.1) is 0 Å². The Morgan fingerprint density at radius 1 is 0.565 bits per heavy atom. The molecular weight excluding hydrogens is 583 g/mol. The Hall–Kier alpha value is -5.52. The highest BCUT2D eigenvalue weighted by Crippen LogP contribution is 2.38. The Balaban J connectivity index is 1.18. The smallest absolute Gasteiger partial charge is 0.118 e. The predicted molar refractivity (Wildman–Crippen MR) is 195 cm³/mol. The van der Waals surface area contributed by atoms with E-state index in [1.807, 2.05) is 24.3 Å². The van der Waals surface area contributed by atoms with E-state index in [0.717, 1.165) is 27.7 Å². The van der Waals surface area contributed by atoms with E-state index < -0.39 is 9.73 Å². The predicted octanol–water partition coefficient (Wildman–Crippen LogP) is 10.8. The topological polar surface area (TPSA) is 46.7 Å². The van der Waals surface area contributed by atoms with E-state index in [0.29, 0.717) is 17.2 Å². The highest BCUT2D eigenvalue weighted by molar-refractivity contribution is 8.07. The maximum atomic E-state index is 13.7. The summed E-state index contributed by atoms with van der Waals surface area (Å²) >= 11 is 0. The molecule has 1 aliphatic heterocycles. The molecule has 0 bridgehead atoms. The standard InChI is InChI=1S/C41H29N3OS/c1-46(45)41(42-37-16-8-9-17-38(37)43-46)26-30-23-29-20-19-27(24-35(29)33-14-6-5-13-32(30)33)28-21-22-40-36(25-28)34-15-7-10-18-39(34)44(40)31-11-3-2-4-12-31/h2-25H,26H2,1H3. The quantitative estimate of drug-likeness (QED) is 0.183. The number of fused-ring (bicyclic) bond motifs is 7. The Bertz CT molecular complexity index is 2680. The van der Waals surface area contributed by atoms with Gasteiger partial charge in [0, 0.05) is 29.1 Å². The van der Waals surface area contributed by atoms with E-state index in [1.54, 1.807) is 6.26 Å². The maximum Gasteiger partial charge on any atom is 0.118 e. The van der Waals surface area contributed by atoms with Crippen molar-refractivity contribution >= 4 is 69.5 Å². The number of para-hydroxylation sites is 3. The Morgan fingerprint density at radius 3 is 2.02 bits per heavy atom. The minimum absolute atomic E-state index is 0.480. The first kappa shape index (κ1) is 26.8. The minimum Gasteiger partial charge on any atom is -0.309 e. The molecule has 220 valence electrons. The molecule has 1 atom stereocenters. The molecule has 9 rings (SSSR count). The fraction of sp³-hybridized carbons (Fsp3) is 0.0488.